The fourth-order valence-electron chi connectivity index (χ4n) is 2.16. The summed E-state index contributed by atoms with van der Waals surface area (Å²) in [7, 11) is 0. The van der Waals surface area contributed by atoms with E-state index in [-0.39, 0.29) is 17.6 Å². The molecule has 1 rings (SSSR count). The summed E-state index contributed by atoms with van der Waals surface area (Å²) in [5, 5.41) is 8.89. The summed E-state index contributed by atoms with van der Waals surface area (Å²) in [6, 6.07) is 2.06. The molecule has 1 fully saturated rings. The quantitative estimate of drug-likeness (QED) is 0.715. The highest BCUT2D eigenvalue weighted by Gasteiger charge is 2.35. The normalized spacial score (nSPS) is 25.9. The molecule has 1 aliphatic rings. The average Bonchev–Trinajstić information content (AvgIpc) is 2.16. The number of ether oxygens (including phenoxy) is 1. The zero-order valence-corrected chi connectivity index (χ0v) is 10.5. The Labute approximate surface area is 97.2 Å². The first kappa shape index (κ1) is 13.0. The molecule has 90 valence electrons. The second-order valence-electron chi connectivity index (χ2n) is 5.00. The number of hydrogen-bond donors (Lipinski definition) is 0. The van der Waals surface area contributed by atoms with Gasteiger partial charge in [-0.1, -0.05) is 6.92 Å². The van der Waals surface area contributed by atoms with Gasteiger partial charge in [-0.05, 0) is 27.2 Å². The van der Waals surface area contributed by atoms with E-state index in [1.807, 2.05) is 27.7 Å². The van der Waals surface area contributed by atoms with Gasteiger partial charge >= 0.3 is 0 Å². The Morgan fingerprint density at radius 3 is 2.75 bits per heavy atom. The topological polar surface area (TPSA) is 53.3 Å². The summed E-state index contributed by atoms with van der Waals surface area (Å²) in [4.78, 5) is 13.8. The van der Waals surface area contributed by atoms with Gasteiger partial charge in [-0.3, -0.25) is 4.79 Å². The van der Waals surface area contributed by atoms with Crippen LogP contribution in [0, 0.1) is 17.2 Å². The predicted molar refractivity (Wildman–Crippen MR) is 60.6 cm³/mol. The van der Waals surface area contributed by atoms with Crippen molar-refractivity contribution in [2.24, 2.45) is 5.92 Å². The number of carbonyl (C=O) groups excluding carboxylic acids is 1. The summed E-state index contributed by atoms with van der Waals surface area (Å²) in [5.74, 6) is -0.575. The minimum Gasteiger partial charge on any atom is -0.369 e. The maximum absolute atomic E-state index is 12.0. The van der Waals surface area contributed by atoms with Gasteiger partial charge in [0.15, 0.2) is 0 Å². The van der Waals surface area contributed by atoms with Crippen molar-refractivity contribution in [3.63, 3.8) is 0 Å². The first-order chi connectivity index (χ1) is 7.39. The van der Waals surface area contributed by atoms with E-state index < -0.39 is 5.92 Å². The van der Waals surface area contributed by atoms with Crippen LogP contribution >= 0.6 is 0 Å². The highest BCUT2D eigenvalue weighted by molar-refractivity contribution is 5.81. The van der Waals surface area contributed by atoms with Crippen LogP contribution < -0.4 is 0 Å². The molecule has 0 radical (unpaired) electrons. The summed E-state index contributed by atoms with van der Waals surface area (Å²) in [6.07, 6.45) is 0.602. The Bertz CT molecular complexity index is 307. The minimum absolute atomic E-state index is 0.0314. The van der Waals surface area contributed by atoms with Crippen molar-refractivity contribution >= 4 is 5.91 Å². The number of carbonyl (C=O) groups is 1. The molecule has 0 saturated carbocycles. The number of hydrogen-bond acceptors (Lipinski definition) is 3. The van der Waals surface area contributed by atoms with Crippen molar-refractivity contribution in [2.45, 2.75) is 45.8 Å². The molecule has 0 aromatic rings. The van der Waals surface area contributed by atoms with Crippen LogP contribution in [0.2, 0.25) is 0 Å². The van der Waals surface area contributed by atoms with Crippen molar-refractivity contribution in [1.29, 1.82) is 5.26 Å². The second kappa shape index (κ2) is 4.84. The predicted octanol–water partition coefficient (Wildman–Crippen LogP) is 1.56. The molecule has 4 nitrogen and oxygen atoms in total. The third kappa shape index (κ3) is 2.96. The highest BCUT2D eigenvalue weighted by Crippen LogP contribution is 2.22. The van der Waals surface area contributed by atoms with Crippen LogP contribution in [0.25, 0.3) is 0 Å². The number of amides is 1. The number of nitriles is 1. The molecule has 2 unspecified atom stereocenters. The van der Waals surface area contributed by atoms with Crippen LogP contribution in [0.5, 0.6) is 0 Å². The lowest BCUT2D eigenvalue weighted by molar-refractivity contribution is -0.160. The highest BCUT2D eigenvalue weighted by atomic mass is 16.5. The van der Waals surface area contributed by atoms with Crippen molar-refractivity contribution in [1.82, 2.24) is 4.90 Å². The molecule has 1 saturated heterocycles. The Hall–Kier alpha value is -1.08. The molecule has 0 spiro atoms. The molecule has 0 aromatic carbocycles. The van der Waals surface area contributed by atoms with Crippen LogP contribution in [0.3, 0.4) is 0 Å². The molecule has 0 bridgehead atoms. The fourth-order valence-corrected chi connectivity index (χ4v) is 2.16. The maximum Gasteiger partial charge on any atom is 0.240 e. The first-order valence-electron chi connectivity index (χ1n) is 5.76. The summed E-state index contributed by atoms with van der Waals surface area (Å²) < 4.78 is 5.72. The van der Waals surface area contributed by atoms with Gasteiger partial charge in [-0.25, -0.2) is 0 Å². The van der Waals surface area contributed by atoms with E-state index in [2.05, 4.69) is 6.07 Å². The molecule has 1 aliphatic heterocycles. The van der Waals surface area contributed by atoms with Crippen LogP contribution in [0.15, 0.2) is 0 Å². The summed E-state index contributed by atoms with van der Waals surface area (Å²) in [5.41, 5.74) is -0.318. The lowest BCUT2D eigenvalue weighted by atomic mass is 10.0. The van der Waals surface area contributed by atoms with Crippen LogP contribution in [-0.4, -0.2) is 35.6 Å². The Morgan fingerprint density at radius 1 is 1.69 bits per heavy atom. The smallest absolute Gasteiger partial charge is 0.240 e. The van der Waals surface area contributed by atoms with Crippen molar-refractivity contribution < 1.29 is 9.53 Å². The number of morpholine rings is 1. The molecule has 1 amide bonds. The Kier molecular flexibility index (Phi) is 3.93. The van der Waals surface area contributed by atoms with Crippen molar-refractivity contribution in [2.75, 3.05) is 13.1 Å². The van der Waals surface area contributed by atoms with E-state index in [9.17, 15) is 4.79 Å². The van der Waals surface area contributed by atoms with E-state index in [0.29, 0.717) is 19.5 Å². The van der Waals surface area contributed by atoms with Crippen molar-refractivity contribution in [3.05, 3.63) is 0 Å². The van der Waals surface area contributed by atoms with Crippen LogP contribution in [0.4, 0.5) is 0 Å². The van der Waals surface area contributed by atoms with E-state index in [1.54, 1.807) is 4.90 Å². The molecule has 0 N–H and O–H groups in total. The minimum atomic E-state index is -0.513. The molecular formula is C12H20N2O2. The second-order valence-corrected chi connectivity index (χ2v) is 5.00. The van der Waals surface area contributed by atoms with Crippen LogP contribution in [-0.2, 0) is 9.53 Å². The van der Waals surface area contributed by atoms with Gasteiger partial charge in [0.2, 0.25) is 5.91 Å². The van der Waals surface area contributed by atoms with Gasteiger partial charge in [-0.15, -0.1) is 0 Å². The van der Waals surface area contributed by atoms with E-state index in [1.165, 1.54) is 0 Å². The van der Waals surface area contributed by atoms with Gasteiger partial charge in [0.1, 0.15) is 5.92 Å². The largest absolute Gasteiger partial charge is 0.369 e. The third-order valence-corrected chi connectivity index (χ3v) is 2.74. The monoisotopic (exact) mass is 224 g/mol. The van der Waals surface area contributed by atoms with E-state index >= 15 is 0 Å². The molecule has 4 heteroatoms. The molecule has 0 aromatic heterocycles. The molecule has 0 aliphatic carbocycles. The average molecular weight is 224 g/mol. The fraction of sp³-hybridized carbons (Fsp3) is 0.833. The first-order valence-corrected chi connectivity index (χ1v) is 5.76. The molecule has 2 atom stereocenters. The van der Waals surface area contributed by atoms with Crippen LogP contribution in [0.1, 0.15) is 34.1 Å². The maximum atomic E-state index is 12.0. The lowest BCUT2D eigenvalue weighted by Gasteiger charge is -2.42. The summed E-state index contributed by atoms with van der Waals surface area (Å²) in [6.45, 7) is 8.90. The number of rotatable bonds is 2. The Balaban J connectivity index is 2.73. The van der Waals surface area contributed by atoms with E-state index in [4.69, 9.17) is 10.00 Å². The van der Waals surface area contributed by atoms with Gasteiger partial charge in [0.25, 0.3) is 0 Å². The van der Waals surface area contributed by atoms with Gasteiger partial charge in [-0.2, -0.15) is 5.26 Å². The van der Waals surface area contributed by atoms with Crippen molar-refractivity contribution in [3.8, 4) is 6.07 Å². The lowest BCUT2D eigenvalue weighted by Crippen LogP contribution is -2.54. The third-order valence-electron chi connectivity index (χ3n) is 2.74. The van der Waals surface area contributed by atoms with Gasteiger partial charge in [0, 0.05) is 13.1 Å². The zero-order chi connectivity index (χ0) is 12.3. The SMILES string of the molecule is CCC(C#N)C(=O)N1CC(C)OC(C)(C)C1. The zero-order valence-electron chi connectivity index (χ0n) is 10.5. The summed E-state index contributed by atoms with van der Waals surface area (Å²) >= 11 is 0. The number of nitrogens with zero attached hydrogens (tertiary/aromatic N) is 2. The molecule has 16 heavy (non-hydrogen) atoms. The molecule has 1 heterocycles. The van der Waals surface area contributed by atoms with E-state index in [0.717, 1.165) is 0 Å². The standard InChI is InChI=1S/C12H20N2O2/c1-5-10(6-13)11(15)14-7-9(2)16-12(3,4)8-14/h9-10H,5,7-8H2,1-4H3. The molecular weight excluding hydrogens is 204 g/mol. The van der Waals surface area contributed by atoms with Gasteiger partial charge < -0.3 is 9.64 Å². The Morgan fingerprint density at radius 2 is 2.31 bits per heavy atom. The van der Waals surface area contributed by atoms with Gasteiger partial charge in [0.05, 0.1) is 17.8 Å².